The van der Waals surface area contributed by atoms with Crippen LogP contribution >= 0.6 is 23.2 Å². The number of nitro groups is 1. The second-order valence-electron chi connectivity index (χ2n) is 4.11. The fraction of sp³-hybridized carbons (Fsp3) is 0.0714. The van der Waals surface area contributed by atoms with Gasteiger partial charge >= 0.3 is 5.97 Å². The van der Waals surface area contributed by atoms with E-state index in [1.807, 2.05) is 0 Å². The summed E-state index contributed by atoms with van der Waals surface area (Å²) in [4.78, 5) is 21.8. The lowest BCUT2D eigenvalue weighted by molar-refractivity contribution is -0.384. The van der Waals surface area contributed by atoms with Gasteiger partial charge < -0.3 is 4.74 Å². The van der Waals surface area contributed by atoms with E-state index in [-0.39, 0.29) is 16.3 Å². The minimum absolute atomic E-state index is 0.0305. The van der Waals surface area contributed by atoms with Crippen molar-refractivity contribution < 1.29 is 14.5 Å². The van der Waals surface area contributed by atoms with E-state index in [9.17, 15) is 14.9 Å². The Morgan fingerprint density at radius 1 is 1.14 bits per heavy atom. The minimum Gasteiger partial charge on any atom is -0.465 e. The molecule has 0 unspecified atom stereocenters. The van der Waals surface area contributed by atoms with Crippen molar-refractivity contribution in [2.45, 2.75) is 0 Å². The first-order chi connectivity index (χ1) is 9.93. The van der Waals surface area contributed by atoms with Crippen LogP contribution in [0.4, 0.5) is 5.69 Å². The summed E-state index contributed by atoms with van der Waals surface area (Å²) in [6, 6.07) is 8.75. The van der Waals surface area contributed by atoms with Crippen molar-refractivity contribution in [1.29, 1.82) is 0 Å². The molecule has 0 amide bonds. The molecule has 2 rings (SSSR count). The Morgan fingerprint density at radius 2 is 1.76 bits per heavy atom. The molecule has 0 spiro atoms. The molecule has 21 heavy (non-hydrogen) atoms. The molecule has 0 aliphatic rings. The standard InChI is InChI=1S/C14H9Cl2NO4/c1-21-14(18)11-6-10(12(15)7-13(11)16)8-2-4-9(5-3-8)17(19)20/h2-7H,1H3. The van der Waals surface area contributed by atoms with Crippen LogP contribution in [0.15, 0.2) is 36.4 Å². The third kappa shape index (κ3) is 3.15. The quantitative estimate of drug-likeness (QED) is 0.477. The second-order valence-corrected chi connectivity index (χ2v) is 4.92. The number of ether oxygens (including phenoxy) is 1. The van der Waals surface area contributed by atoms with E-state index in [2.05, 4.69) is 4.74 Å². The molecule has 7 heteroatoms. The van der Waals surface area contributed by atoms with Crippen molar-refractivity contribution in [1.82, 2.24) is 0 Å². The van der Waals surface area contributed by atoms with E-state index >= 15 is 0 Å². The monoisotopic (exact) mass is 325 g/mol. The normalized spacial score (nSPS) is 10.2. The van der Waals surface area contributed by atoms with E-state index in [4.69, 9.17) is 23.2 Å². The van der Waals surface area contributed by atoms with Crippen molar-refractivity contribution in [2.75, 3.05) is 7.11 Å². The zero-order chi connectivity index (χ0) is 15.6. The van der Waals surface area contributed by atoms with Crippen molar-refractivity contribution in [3.05, 3.63) is 62.1 Å². The largest absolute Gasteiger partial charge is 0.465 e. The molecule has 2 aromatic rings. The van der Waals surface area contributed by atoms with Gasteiger partial charge in [0, 0.05) is 22.7 Å². The number of carbonyl (C=O) groups excluding carboxylic acids is 1. The first-order valence-corrected chi connectivity index (χ1v) is 6.52. The molecule has 2 aromatic carbocycles. The number of methoxy groups -OCH3 is 1. The van der Waals surface area contributed by atoms with Crippen molar-refractivity contribution in [2.24, 2.45) is 0 Å². The molecule has 0 heterocycles. The lowest BCUT2D eigenvalue weighted by atomic mass is 10.0. The number of hydrogen-bond donors (Lipinski definition) is 0. The summed E-state index contributed by atoms with van der Waals surface area (Å²) in [7, 11) is 1.25. The highest BCUT2D eigenvalue weighted by Crippen LogP contribution is 2.34. The van der Waals surface area contributed by atoms with Crippen LogP contribution in [0.3, 0.4) is 0 Å². The highest BCUT2D eigenvalue weighted by molar-refractivity contribution is 6.38. The molecule has 0 radical (unpaired) electrons. The van der Waals surface area contributed by atoms with Crippen molar-refractivity contribution >= 4 is 34.9 Å². The Bertz CT molecular complexity index is 714. The van der Waals surface area contributed by atoms with Gasteiger partial charge in [0.25, 0.3) is 5.69 Å². The summed E-state index contributed by atoms with van der Waals surface area (Å²) < 4.78 is 4.64. The van der Waals surface area contributed by atoms with Crippen molar-refractivity contribution in [3.8, 4) is 11.1 Å². The maximum Gasteiger partial charge on any atom is 0.339 e. The van der Waals surface area contributed by atoms with E-state index < -0.39 is 10.9 Å². The van der Waals surface area contributed by atoms with Crippen LogP contribution in [0.5, 0.6) is 0 Å². The second kappa shape index (κ2) is 6.11. The average Bonchev–Trinajstić information content (AvgIpc) is 2.47. The number of halogens is 2. The Kier molecular flexibility index (Phi) is 4.45. The third-order valence-corrected chi connectivity index (χ3v) is 3.48. The van der Waals surface area contributed by atoms with Gasteiger partial charge in [0.05, 0.1) is 22.6 Å². The van der Waals surface area contributed by atoms with Crippen LogP contribution in [0, 0.1) is 10.1 Å². The highest BCUT2D eigenvalue weighted by atomic mass is 35.5. The molecule has 108 valence electrons. The van der Waals surface area contributed by atoms with Crippen LogP contribution in [0.25, 0.3) is 11.1 Å². The van der Waals surface area contributed by atoms with Gasteiger partial charge in [0.2, 0.25) is 0 Å². The van der Waals surface area contributed by atoms with Gasteiger partial charge in [-0.15, -0.1) is 0 Å². The summed E-state index contributed by atoms with van der Waals surface area (Å²) in [5.74, 6) is -0.583. The zero-order valence-corrected chi connectivity index (χ0v) is 12.3. The summed E-state index contributed by atoms with van der Waals surface area (Å²) in [6.07, 6.45) is 0. The van der Waals surface area contributed by atoms with Crippen LogP contribution < -0.4 is 0 Å². The molecule has 0 aliphatic heterocycles. The Morgan fingerprint density at radius 3 is 2.29 bits per heavy atom. The molecule has 0 saturated heterocycles. The van der Waals surface area contributed by atoms with Crippen molar-refractivity contribution in [3.63, 3.8) is 0 Å². The van der Waals surface area contributed by atoms with Gasteiger partial charge in [0.1, 0.15) is 0 Å². The SMILES string of the molecule is COC(=O)c1cc(-c2ccc([N+](=O)[O-])cc2)c(Cl)cc1Cl. The maximum atomic E-state index is 11.6. The number of rotatable bonds is 3. The topological polar surface area (TPSA) is 69.4 Å². The van der Waals surface area contributed by atoms with Gasteiger partial charge in [-0.25, -0.2) is 4.79 Å². The van der Waals surface area contributed by atoms with Crippen LogP contribution in [0.2, 0.25) is 10.0 Å². The van der Waals surface area contributed by atoms with Gasteiger partial charge in [-0.3, -0.25) is 10.1 Å². The van der Waals surface area contributed by atoms with Crippen LogP contribution in [-0.4, -0.2) is 18.0 Å². The minimum atomic E-state index is -0.583. The molecule has 0 aliphatic carbocycles. The van der Waals surface area contributed by atoms with E-state index in [0.717, 1.165) is 0 Å². The van der Waals surface area contributed by atoms with Gasteiger partial charge in [-0.05, 0) is 29.8 Å². The Labute approximate surface area is 130 Å². The fourth-order valence-electron chi connectivity index (χ4n) is 1.80. The lowest BCUT2D eigenvalue weighted by Crippen LogP contribution is -2.02. The third-order valence-electron chi connectivity index (χ3n) is 2.85. The smallest absolute Gasteiger partial charge is 0.339 e. The molecule has 0 atom stereocenters. The Hall–Kier alpha value is -2.11. The first kappa shape index (κ1) is 15.3. The number of non-ortho nitro benzene ring substituents is 1. The lowest BCUT2D eigenvalue weighted by Gasteiger charge is -2.09. The van der Waals surface area contributed by atoms with Crippen LogP contribution in [-0.2, 0) is 4.74 Å². The van der Waals surface area contributed by atoms with Crippen LogP contribution in [0.1, 0.15) is 10.4 Å². The molecule has 0 N–H and O–H groups in total. The molecular weight excluding hydrogens is 317 g/mol. The summed E-state index contributed by atoms with van der Waals surface area (Å²) in [5.41, 5.74) is 1.32. The molecule has 5 nitrogen and oxygen atoms in total. The summed E-state index contributed by atoms with van der Waals surface area (Å²) in [5, 5.41) is 11.2. The maximum absolute atomic E-state index is 11.6. The molecule has 0 aromatic heterocycles. The predicted octanol–water partition coefficient (Wildman–Crippen LogP) is 4.36. The summed E-state index contributed by atoms with van der Waals surface area (Å²) in [6.45, 7) is 0. The molecule has 0 saturated carbocycles. The zero-order valence-electron chi connectivity index (χ0n) is 10.8. The summed E-state index contributed by atoms with van der Waals surface area (Å²) >= 11 is 12.1. The number of benzene rings is 2. The first-order valence-electron chi connectivity index (χ1n) is 5.76. The molecule has 0 bridgehead atoms. The molecular formula is C14H9Cl2NO4. The van der Waals surface area contributed by atoms with Gasteiger partial charge in [-0.2, -0.15) is 0 Å². The number of carbonyl (C=O) groups is 1. The molecule has 0 fully saturated rings. The number of nitro benzene ring substituents is 1. The highest BCUT2D eigenvalue weighted by Gasteiger charge is 2.16. The van der Waals surface area contributed by atoms with Gasteiger partial charge in [-0.1, -0.05) is 23.2 Å². The van der Waals surface area contributed by atoms with E-state index in [1.165, 1.54) is 31.4 Å². The number of esters is 1. The average molecular weight is 326 g/mol. The van der Waals surface area contributed by atoms with Gasteiger partial charge in [0.15, 0.2) is 0 Å². The van der Waals surface area contributed by atoms with E-state index in [1.54, 1.807) is 12.1 Å². The fourth-order valence-corrected chi connectivity index (χ4v) is 2.37. The number of nitrogens with zero attached hydrogens (tertiary/aromatic N) is 1. The Balaban J connectivity index is 2.52. The van der Waals surface area contributed by atoms with E-state index in [0.29, 0.717) is 16.1 Å². The predicted molar refractivity (Wildman–Crippen MR) is 79.9 cm³/mol. The number of hydrogen-bond acceptors (Lipinski definition) is 4.